The molecule has 0 amide bonds. The topological polar surface area (TPSA) is 67.4 Å². The highest BCUT2D eigenvalue weighted by Gasteiger charge is 2.23. The molecule has 1 aliphatic heterocycles. The number of nitrogens with zero attached hydrogens (tertiary/aromatic N) is 2. The van der Waals surface area contributed by atoms with Gasteiger partial charge in [0.25, 0.3) is 5.82 Å². The maximum Gasteiger partial charge on any atom is 0.254 e. The fraction of sp³-hybridized carbons (Fsp3) is 0.579. The summed E-state index contributed by atoms with van der Waals surface area (Å²) < 4.78 is 15.7. The standard InChI is InChI=1S/C19H26N2O4/c1-15-20(11-6-2-3-9-18(22)23)16-7-4-5-8-17(16)21(15)12-10-19-24-13-14-25-19/h4-5,7-8,19H,2-3,6,9-14H2,1H3. The maximum absolute atomic E-state index is 10.5. The van der Waals surface area contributed by atoms with Crippen LogP contribution in [0.3, 0.4) is 0 Å². The van der Waals surface area contributed by atoms with E-state index in [0.29, 0.717) is 19.6 Å². The third-order valence-corrected chi connectivity index (χ3v) is 4.79. The van der Waals surface area contributed by atoms with E-state index in [1.54, 1.807) is 0 Å². The number of aliphatic carboxylic acids is 1. The number of hydrogen-bond donors (Lipinski definition) is 0. The molecular formula is C19H26N2O4. The molecular weight excluding hydrogens is 320 g/mol. The molecule has 0 radical (unpaired) electrons. The van der Waals surface area contributed by atoms with Gasteiger partial charge >= 0.3 is 0 Å². The normalized spacial score (nSPS) is 15.2. The van der Waals surface area contributed by atoms with Crippen molar-refractivity contribution >= 4 is 17.0 Å². The van der Waals surface area contributed by atoms with Gasteiger partial charge in [-0.05, 0) is 37.8 Å². The lowest BCUT2D eigenvalue weighted by Gasteiger charge is -2.07. The molecule has 136 valence electrons. The zero-order valence-electron chi connectivity index (χ0n) is 14.8. The van der Waals surface area contributed by atoms with Crippen molar-refractivity contribution in [2.45, 2.75) is 58.4 Å². The van der Waals surface area contributed by atoms with Crippen LogP contribution in [0.2, 0.25) is 0 Å². The summed E-state index contributed by atoms with van der Waals surface area (Å²) in [7, 11) is 0. The summed E-state index contributed by atoms with van der Waals surface area (Å²) in [5.74, 6) is 0.246. The molecule has 1 aromatic carbocycles. The van der Waals surface area contributed by atoms with E-state index in [1.807, 2.05) is 0 Å². The minimum Gasteiger partial charge on any atom is -0.550 e. The molecule has 0 bridgehead atoms. The number of imidazole rings is 1. The van der Waals surface area contributed by atoms with Gasteiger partial charge in [-0.2, -0.15) is 0 Å². The van der Waals surface area contributed by atoms with Gasteiger partial charge < -0.3 is 19.4 Å². The first-order valence-corrected chi connectivity index (χ1v) is 9.07. The van der Waals surface area contributed by atoms with Crippen LogP contribution in [0.15, 0.2) is 24.3 Å². The van der Waals surface area contributed by atoms with Gasteiger partial charge in [-0.3, -0.25) is 0 Å². The Bertz CT molecular complexity index is 720. The van der Waals surface area contributed by atoms with Crippen molar-refractivity contribution in [2.75, 3.05) is 13.2 Å². The zero-order chi connectivity index (χ0) is 17.6. The Hall–Kier alpha value is -1.92. The molecule has 0 spiro atoms. The van der Waals surface area contributed by atoms with Gasteiger partial charge in [-0.15, -0.1) is 0 Å². The third-order valence-electron chi connectivity index (χ3n) is 4.79. The van der Waals surface area contributed by atoms with E-state index in [-0.39, 0.29) is 12.7 Å². The van der Waals surface area contributed by atoms with Crippen molar-refractivity contribution in [2.24, 2.45) is 0 Å². The highest BCUT2D eigenvalue weighted by Crippen LogP contribution is 2.17. The molecule has 2 heterocycles. The monoisotopic (exact) mass is 346 g/mol. The van der Waals surface area contributed by atoms with Gasteiger partial charge in [0.15, 0.2) is 17.3 Å². The van der Waals surface area contributed by atoms with Crippen molar-refractivity contribution in [1.82, 2.24) is 4.57 Å². The number of unbranched alkanes of at least 4 members (excludes halogenated alkanes) is 2. The lowest BCUT2D eigenvalue weighted by Crippen LogP contribution is -2.36. The van der Waals surface area contributed by atoms with Gasteiger partial charge in [0.05, 0.1) is 26.3 Å². The van der Waals surface area contributed by atoms with Crippen LogP contribution in [0.1, 0.15) is 37.9 Å². The van der Waals surface area contributed by atoms with E-state index in [4.69, 9.17) is 9.47 Å². The Morgan fingerprint density at radius 2 is 2.00 bits per heavy atom. The largest absolute Gasteiger partial charge is 0.550 e. The number of ether oxygens (including phenoxy) is 2. The highest BCUT2D eigenvalue weighted by atomic mass is 16.7. The van der Waals surface area contributed by atoms with E-state index in [9.17, 15) is 9.90 Å². The average Bonchev–Trinajstić information content (AvgIpc) is 3.20. The van der Waals surface area contributed by atoms with Crippen LogP contribution < -0.4 is 9.67 Å². The molecule has 1 aliphatic rings. The van der Waals surface area contributed by atoms with Crippen LogP contribution in [0.25, 0.3) is 11.0 Å². The van der Waals surface area contributed by atoms with Crippen molar-refractivity contribution in [1.29, 1.82) is 0 Å². The smallest absolute Gasteiger partial charge is 0.254 e. The first-order valence-electron chi connectivity index (χ1n) is 9.07. The van der Waals surface area contributed by atoms with Crippen LogP contribution in [0, 0.1) is 6.92 Å². The number of fused-ring (bicyclic) bond motifs is 1. The van der Waals surface area contributed by atoms with Crippen molar-refractivity contribution < 1.29 is 23.9 Å². The second-order valence-corrected chi connectivity index (χ2v) is 6.48. The molecule has 1 aromatic heterocycles. The molecule has 3 rings (SSSR count). The molecule has 0 N–H and O–H groups in total. The van der Waals surface area contributed by atoms with Gasteiger partial charge in [0, 0.05) is 19.3 Å². The Kier molecular flexibility index (Phi) is 6.04. The van der Waals surface area contributed by atoms with Gasteiger partial charge in [0.2, 0.25) is 0 Å². The van der Waals surface area contributed by atoms with E-state index < -0.39 is 5.97 Å². The van der Waals surface area contributed by atoms with Gasteiger partial charge in [0.1, 0.15) is 0 Å². The van der Waals surface area contributed by atoms with E-state index >= 15 is 0 Å². The fourth-order valence-corrected chi connectivity index (χ4v) is 3.50. The number of carboxylic acid groups (broad SMARTS) is 1. The molecule has 0 aliphatic carbocycles. The Balaban J connectivity index is 1.69. The Morgan fingerprint density at radius 1 is 1.24 bits per heavy atom. The molecule has 0 saturated carbocycles. The molecule has 0 atom stereocenters. The highest BCUT2D eigenvalue weighted by molar-refractivity contribution is 5.72. The minimum absolute atomic E-state index is 0.0985. The summed E-state index contributed by atoms with van der Waals surface area (Å²) in [6.07, 6.45) is 3.42. The van der Waals surface area contributed by atoms with Crippen LogP contribution in [0.5, 0.6) is 0 Å². The minimum atomic E-state index is -0.961. The second kappa shape index (κ2) is 8.45. The zero-order valence-corrected chi connectivity index (χ0v) is 14.8. The predicted octanol–water partition coefficient (Wildman–Crippen LogP) is 1.31. The number of aromatic nitrogens is 2. The lowest BCUT2D eigenvalue weighted by molar-refractivity contribution is -0.679. The summed E-state index contributed by atoms with van der Waals surface area (Å²) in [6, 6.07) is 8.40. The molecule has 1 fully saturated rings. The summed E-state index contributed by atoms with van der Waals surface area (Å²) in [6.45, 7) is 5.25. The molecule has 6 heteroatoms. The summed E-state index contributed by atoms with van der Waals surface area (Å²) >= 11 is 0. The number of rotatable bonds is 9. The number of aryl methyl sites for hydroxylation is 2. The molecule has 2 aromatic rings. The number of hydrogen-bond acceptors (Lipinski definition) is 4. The molecule has 0 unspecified atom stereocenters. The Labute approximate surface area is 148 Å². The molecule has 25 heavy (non-hydrogen) atoms. The SMILES string of the molecule is Cc1n(CCC2OCCO2)c2ccccc2[n+]1CCCCCC(=O)[O-]. The summed E-state index contributed by atoms with van der Waals surface area (Å²) in [5.41, 5.74) is 2.43. The average molecular weight is 346 g/mol. The first kappa shape index (κ1) is 17.9. The van der Waals surface area contributed by atoms with E-state index in [1.165, 1.54) is 16.9 Å². The van der Waals surface area contributed by atoms with E-state index in [0.717, 1.165) is 32.4 Å². The number of carbonyl (C=O) groups excluding carboxylic acids is 1. The van der Waals surface area contributed by atoms with Crippen molar-refractivity contribution in [3.8, 4) is 0 Å². The van der Waals surface area contributed by atoms with Gasteiger partial charge in [-0.25, -0.2) is 9.13 Å². The molecule has 6 nitrogen and oxygen atoms in total. The van der Waals surface area contributed by atoms with Crippen molar-refractivity contribution in [3.63, 3.8) is 0 Å². The summed E-state index contributed by atoms with van der Waals surface area (Å²) in [4.78, 5) is 10.5. The predicted molar refractivity (Wildman–Crippen MR) is 90.7 cm³/mol. The fourth-order valence-electron chi connectivity index (χ4n) is 3.50. The number of carbonyl (C=O) groups is 1. The summed E-state index contributed by atoms with van der Waals surface area (Å²) in [5, 5.41) is 10.5. The van der Waals surface area contributed by atoms with Crippen LogP contribution in [0.4, 0.5) is 0 Å². The van der Waals surface area contributed by atoms with Crippen molar-refractivity contribution in [3.05, 3.63) is 30.1 Å². The lowest BCUT2D eigenvalue weighted by atomic mass is 10.2. The van der Waals surface area contributed by atoms with Crippen LogP contribution >= 0.6 is 0 Å². The third kappa shape index (κ3) is 4.38. The quantitative estimate of drug-likeness (QED) is 0.507. The molecule has 1 saturated heterocycles. The number of carboxylic acids is 1. The van der Waals surface area contributed by atoms with Gasteiger partial charge in [-0.1, -0.05) is 12.1 Å². The number of benzene rings is 1. The van der Waals surface area contributed by atoms with Crippen LogP contribution in [-0.4, -0.2) is 30.0 Å². The van der Waals surface area contributed by atoms with E-state index in [2.05, 4.69) is 40.3 Å². The second-order valence-electron chi connectivity index (χ2n) is 6.48. The maximum atomic E-state index is 10.5. The Morgan fingerprint density at radius 3 is 2.76 bits per heavy atom. The van der Waals surface area contributed by atoms with Crippen LogP contribution in [-0.2, 0) is 27.4 Å². The first-order chi connectivity index (χ1) is 12.2. The number of para-hydroxylation sites is 2.